The molecule has 1 atom stereocenters. The van der Waals surface area contributed by atoms with Gasteiger partial charge < -0.3 is 0 Å². The third-order valence-electron chi connectivity index (χ3n) is 3.55. The van der Waals surface area contributed by atoms with E-state index < -0.39 is 6.04 Å². The van der Waals surface area contributed by atoms with Crippen LogP contribution in [-0.2, 0) is 4.79 Å². The SMILES string of the molecule is CCSc1nnc(NC(=O)[C@@H](C)n2nc(-c3ccccc3)ccc2=O)s1. The smallest absolute Gasteiger partial charge is 0.267 e. The van der Waals surface area contributed by atoms with Gasteiger partial charge in [0.25, 0.3) is 11.5 Å². The Kier molecular flexibility index (Phi) is 5.79. The first-order valence-electron chi connectivity index (χ1n) is 8.01. The number of hydrogen-bond donors (Lipinski definition) is 1. The summed E-state index contributed by atoms with van der Waals surface area (Å²) in [5.41, 5.74) is 1.16. The maximum atomic E-state index is 12.5. The van der Waals surface area contributed by atoms with Gasteiger partial charge in [0.2, 0.25) is 5.13 Å². The molecular weight excluding hydrogens is 370 g/mol. The van der Waals surface area contributed by atoms with Gasteiger partial charge in [0.1, 0.15) is 6.04 Å². The summed E-state index contributed by atoms with van der Waals surface area (Å²) in [4.78, 5) is 24.7. The Balaban J connectivity index is 1.80. The summed E-state index contributed by atoms with van der Waals surface area (Å²) in [5.74, 6) is 0.513. The molecule has 3 rings (SSSR count). The van der Waals surface area contributed by atoms with Gasteiger partial charge in [-0.1, -0.05) is 60.4 Å². The Morgan fingerprint density at radius 3 is 2.73 bits per heavy atom. The molecule has 2 aromatic heterocycles. The first-order chi connectivity index (χ1) is 12.6. The number of aromatic nitrogens is 4. The van der Waals surface area contributed by atoms with Gasteiger partial charge in [0.05, 0.1) is 5.69 Å². The number of anilines is 1. The average Bonchev–Trinajstić information content (AvgIpc) is 3.09. The third kappa shape index (κ3) is 4.17. The Bertz CT molecular complexity index is 955. The lowest BCUT2D eigenvalue weighted by Crippen LogP contribution is -2.33. The number of rotatable bonds is 6. The molecule has 0 aliphatic heterocycles. The van der Waals surface area contributed by atoms with Gasteiger partial charge in [-0.2, -0.15) is 5.10 Å². The summed E-state index contributed by atoms with van der Waals surface area (Å²) in [6, 6.07) is 11.8. The molecular formula is C17H17N5O2S2. The molecule has 134 valence electrons. The van der Waals surface area contributed by atoms with Crippen LogP contribution in [0.1, 0.15) is 19.9 Å². The quantitative estimate of drug-likeness (QED) is 0.516. The van der Waals surface area contributed by atoms with Crippen molar-refractivity contribution in [2.45, 2.75) is 24.2 Å². The molecule has 0 saturated heterocycles. The maximum Gasteiger partial charge on any atom is 0.267 e. The summed E-state index contributed by atoms with van der Waals surface area (Å²) < 4.78 is 1.97. The Morgan fingerprint density at radius 2 is 2.00 bits per heavy atom. The topological polar surface area (TPSA) is 89.8 Å². The fourth-order valence-electron chi connectivity index (χ4n) is 2.23. The second kappa shape index (κ2) is 8.24. The lowest BCUT2D eigenvalue weighted by molar-refractivity contribution is -0.119. The van der Waals surface area contributed by atoms with Crippen molar-refractivity contribution in [3.05, 3.63) is 52.8 Å². The minimum absolute atomic E-state index is 0.341. The molecule has 1 aromatic carbocycles. The van der Waals surface area contributed by atoms with Gasteiger partial charge >= 0.3 is 0 Å². The lowest BCUT2D eigenvalue weighted by atomic mass is 10.1. The largest absolute Gasteiger partial charge is 0.299 e. The van der Waals surface area contributed by atoms with E-state index in [1.807, 2.05) is 37.3 Å². The van der Waals surface area contributed by atoms with Crippen molar-refractivity contribution in [1.29, 1.82) is 0 Å². The van der Waals surface area contributed by atoms with E-state index in [9.17, 15) is 9.59 Å². The van der Waals surface area contributed by atoms with E-state index in [-0.39, 0.29) is 11.5 Å². The van der Waals surface area contributed by atoms with Gasteiger partial charge in [0, 0.05) is 11.6 Å². The Labute approximate surface area is 158 Å². The van der Waals surface area contributed by atoms with Crippen molar-refractivity contribution in [3.8, 4) is 11.3 Å². The van der Waals surface area contributed by atoms with E-state index in [1.165, 1.54) is 22.1 Å². The molecule has 0 fully saturated rings. The van der Waals surface area contributed by atoms with E-state index >= 15 is 0 Å². The van der Waals surface area contributed by atoms with Crippen molar-refractivity contribution in [2.75, 3.05) is 11.1 Å². The summed E-state index contributed by atoms with van der Waals surface area (Å²) in [6.07, 6.45) is 0. The normalized spacial score (nSPS) is 11.9. The van der Waals surface area contributed by atoms with Crippen LogP contribution >= 0.6 is 23.1 Å². The number of nitrogens with zero attached hydrogens (tertiary/aromatic N) is 4. The van der Waals surface area contributed by atoms with Crippen LogP contribution < -0.4 is 10.9 Å². The van der Waals surface area contributed by atoms with Crippen LogP contribution in [0.4, 0.5) is 5.13 Å². The molecule has 0 aliphatic rings. The first kappa shape index (κ1) is 18.3. The summed E-state index contributed by atoms with van der Waals surface area (Å²) in [7, 11) is 0. The van der Waals surface area contributed by atoms with Gasteiger partial charge in [-0.25, -0.2) is 4.68 Å². The molecule has 2 heterocycles. The predicted molar refractivity (Wildman–Crippen MR) is 104 cm³/mol. The van der Waals surface area contributed by atoms with Gasteiger partial charge in [0.15, 0.2) is 4.34 Å². The second-order valence-corrected chi connectivity index (χ2v) is 7.83. The minimum Gasteiger partial charge on any atom is -0.299 e. The predicted octanol–water partition coefficient (Wildman–Crippen LogP) is 3.07. The molecule has 0 unspecified atom stereocenters. The Hall–Kier alpha value is -2.52. The number of hydrogen-bond acceptors (Lipinski definition) is 7. The van der Waals surface area contributed by atoms with Crippen LogP contribution in [0, 0.1) is 0 Å². The van der Waals surface area contributed by atoms with Crippen molar-refractivity contribution >= 4 is 34.1 Å². The number of nitrogens with one attached hydrogen (secondary N) is 1. The first-order valence-corrected chi connectivity index (χ1v) is 9.81. The number of benzene rings is 1. The number of thioether (sulfide) groups is 1. The van der Waals surface area contributed by atoms with E-state index in [4.69, 9.17) is 0 Å². The highest BCUT2D eigenvalue weighted by Gasteiger charge is 2.19. The summed E-state index contributed by atoms with van der Waals surface area (Å²) in [6.45, 7) is 3.64. The zero-order valence-electron chi connectivity index (χ0n) is 14.2. The molecule has 0 spiro atoms. The molecule has 7 nitrogen and oxygen atoms in total. The number of carbonyl (C=O) groups excluding carboxylic acids is 1. The van der Waals surface area contributed by atoms with Gasteiger partial charge in [-0.15, -0.1) is 10.2 Å². The molecule has 0 bridgehead atoms. The third-order valence-corrected chi connectivity index (χ3v) is 5.40. The van der Waals surface area contributed by atoms with Crippen LogP contribution in [0.3, 0.4) is 0 Å². The van der Waals surface area contributed by atoms with Crippen LogP contribution in [-0.4, -0.2) is 31.6 Å². The number of amides is 1. The monoisotopic (exact) mass is 387 g/mol. The zero-order chi connectivity index (χ0) is 18.5. The molecule has 9 heteroatoms. The van der Waals surface area contributed by atoms with E-state index in [0.717, 1.165) is 15.7 Å². The van der Waals surface area contributed by atoms with Crippen molar-refractivity contribution in [2.24, 2.45) is 0 Å². The molecule has 0 aliphatic carbocycles. The maximum absolute atomic E-state index is 12.5. The van der Waals surface area contributed by atoms with Crippen molar-refractivity contribution < 1.29 is 4.79 Å². The van der Waals surface area contributed by atoms with E-state index in [1.54, 1.807) is 24.8 Å². The molecule has 3 aromatic rings. The van der Waals surface area contributed by atoms with E-state index in [0.29, 0.717) is 10.8 Å². The standard InChI is InChI=1S/C17H17N5O2S2/c1-3-25-17-20-19-16(26-17)18-15(24)11(2)22-14(23)10-9-13(21-22)12-7-5-4-6-8-12/h4-11H,3H2,1-2H3,(H,18,19,24)/t11-/m1/s1. The van der Waals surface area contributed by atoms with Crippen LogP contribution in [0.25, 0.3) is 11.3 Å². The van der Waals surface area contributed by atoms with Crippen LogP contribution in [0.5, 0.6) is 0 Å². The zero-order valence-corrected chi connectivity index (χ0v) is 15.9. The minimum atomic E-state index is -0.780. The Morgan fingerprint density at radius 1 is 1.23 bits per heavy atom. The average molecular weight is 387 g/mol. The number of carbonyl (C=O) groups is 1. The van der Waals surface area contributed by atoms with Gasteiger partial charge in [-0.05, 0) is 18.7 Å². The van der Waals surface area contributed by atoms with E-state index in [2.05, 4.69) is 20.6 Å². The highest BCUT2D eigenvalue weighted by molar-refractivity contribution is 8.01. The van der Waals surface area contributed by atoms with Crippen LogP contribution in [0.15, 0.2) is 51.6 Å². The van der Waals surface area contributed by atoms with Crippen molar-refractivity contribution in [1.82, 2.24) is 20.0 Å². The van der Waals surface area contributed by atoms with Crippen LogP contribution in [0.2, 0.25) is 0 Å². The fraction of sp³-hybridized carbons (Fsp3) is 0.235. The molecule has 1 amide bonds. The summed E-state index contributed by atoms with van der Waals surface area (Å²) in [5, 5.41) is 15.4. The molecule has 26 heavy (non-hydrogen) atoms. The van der Waals surface area contributed by atoms with Gasteiger partial charge in [-0.3, -0.25) is 14.9 Å². The highest BCUT2D eigenvalue weighted by atomic mass is 32.2. The fourth-order valence-corrected chi connectivity index (χ4v) is 3.88. The molecule has 0 radical (unpaired) electrons. The molecule has 1 N–H and O–H groups in total. The van der Waals surface area contributed by atoms with Crippen molar-refractivity contribution in [3.63, 3.8) is 0 Å². The highest BCUT2D eigenvalue weighted by Crippen LogP contribution is 2.25. The lowest BCUT2D eigenvalue weighted by Gasteiger charge is -2.13. The summed E-state index contributed by atoms with van der Waals surface area (Å²) >= 11 is 2.86. The molecule has 0 saturated carbocycles. The second-order valence-electron chi connectivity index (χ2n) is 5.34.